The van der Waals surface area contributed by atoms with E-state index in [1.165, 1.54) is 5.56 Å². The zero-order valence-corrected chi connectivity index (χ0v) is 12.6. The molecular weight excluding hydrogens is 274 g/mol. The minimum atomic E-state index is -0.337. The fraction of sp³-hybridized carbons (Fsp3) is 0.222. The molecule has 0 saturated carbocycles. The van der Waals surface area contributed by atoms with Crippen molar-refractivity contribution in [1.82, 2.24) is 10.2 Å². The largest absolute Gasteiger partial charge is 0.341 e. The summed E-state index contributed by atoms with van der Waals surface area (Å²) < 4.78 is 0. The lowest BCUT2D eigenvalue weighted by molar-refractivity contribution is -0.120. The number of guanidine groups is 1. The zero-order chi connectivity index (χ0) is 15.4. The van der Waals surface area contributed by atoms with Gasteiger partial charge in [-0.05, 0) is 11.1 Å². The van der Waals surface area contributed by atoms with Crippen molar-refractivity contribution in [3.05, 3.63) is 71.8 Å². The Morgan fingerprint density at radius 2 is 1.59 bits per heavy atom. The van der Waals surface area contributed by atoms with Crippen LogP contribution in [0.5, 0.6) is 0 Å². The molecule has 0 bridgehead atoms. The maximum Gasteiger partial charge on any atom is 0.251 e. The first-order valence-electron chi connectivity index (χ1n) is 7.40. The average molecular weight is 293 g/mol. The first kappa shape index (κ1) is 14.3. The molecule has 1 N–H and O–H groups in total. The highest BCUT2D eigenvalue weighted by Gasteiger charge is 2.28. The summed E-state index contributed by atoms with van der Waals surface area (Å²) in [6, 6.07) is 19.8. The van der Waals surface area contributed by atoms with E-state index in [9.17, 15) is 4.79 Å². The molecule has 112 valence electrons. The number of rotatable bonds is 4. The SMILES string of the molecule is CN(Cc1ccccc1)C1=NC(Cc2ccccc2)C(=O)N1. The lowest BCUT2D eigenvalue weighted by Gasteiger charge is -2.18. The highest BCUT2D eigenvalue weighted by molar-refractivity contribution is 6.04. The first-order valence-corrected chi connectivity index (χ1v) is 7.40. The number of hydrogen-bond donors (Lipinski definition) is 1. The van der Waals surface area contributed by atoms with Crippen molar-refractivity contribution in [2.75, 3.05) is 7.05 Å². The van der Waals surface area contributed by atoms with Crippen LogP contribution in [0.4, 0.5) is 0 Å². The van der Waals surface area contributed by atoms with E-state index in [0.717, 1.165) is 12.1 Å². The molecule has 0 aromatic heterocycles. The van der Waals surface area contributed by atoms with Gasteiger partial charge in [0.1, 0.15) is 6.04 Å². The molecule has 1 heterocycles. The van der Waals surface area contributed by atoms with Gasteiger partial charge >= 0.3 is 0 Å². The van der Waals surface area contributed by atoms with Gasteiger partial charge in [0.05, 0.1) is 0 Å². The van der Waals surface area contributed by atoms with Crippen molar-refractivity contribution >= 4 is 11.9 Å². The Kier molecular flexibility index (Phi) is 4.19. The van der Waals surface area contributed by atoms with Gasteiger partial charge in [-0.3, -0.25) is 10.1 Å². The molecule has 0 radical (unpaired) electrons. The third kappa shape index (κ3) is 3.34. The zero-order valence-electron chi connectivity index (χ0n) is 12.6. The van der Waals surface area contributed by atoms with Crippen LogP contribution < -0.4 is 5.32 Å². The number of aliphatic imine (C=N–C) groups is 1. The molecule has 1 unspecified atom stereocenters. The smallest absolute Gasteiger partial charge is 0.251 e. The van der Waals surface area contributed by atoms with E-state index >= 15 is 0 Å². The van der Waals surface area contributed by atoms with Crippen molar-refractivity contribution in [3.63, 3.8) is 0 Å². The van der Waals surface area contributed by atoms with E-state index in [4.69, 9.17) is 0 Å². The topological polar surface area (TPSA) is 44.7 Å². The van der Waals surface area contributed by atoms with Crippen molar-refractivity contribution in [2.24, 2.45) is 4.99 Å². The number of nitrogens with zero attached hydrogens (tertiary/aromatic N) is 2. The maximum absolute atomic E-state index is 12.1. The molecule has 2 aromatic carbocycles. The highest BCUT2D eigenvalue weighted by atomic mass is 16.2. The van der Waals surface area contributed by atoms with Crippen LogP contribution in [0.1, 0.15) is 11.1 Å². The normalized spacial score (nSPS) is 17.0. The van der Waals surface area contributed by atoms with Crippen LogP contribution in [-0.2, 0) is 17.8 Å². The van der Waals surface area contributed by atoms with E-state index in [-0.39, 0.29) is 11.9 Å². The van der Waals surface area contributed by atoms with Gasteiger partial charge in [0.15, 0.2) is 0 Å². The quantitative estimate of drug-likeness (QED) is 0.939. The molecule has 2 aromatic rings. The summed E-state index contributed by atoms with van der Waals surface area (Å²) in [6.07, 6.45) is 0.634. The lowest BCUT2D eigenvalue weighted by atomic mass is 10.1. The Morgan fingerprint density at radius 1 is 1.00 bits per heavy atom. The van der Waals surface area contributed by atoms with Gasteiger partial charge in [0.2, 0.25) is 5.96 Å². The fourth-order valence-electron chi connectivity index (χ4n) is 2.53. The van der Waals surface area contributed by atoms with Crippen LogP contribution in [0, 0.1) is 0 Å². The highest BCUT2D eigenvalue weighted by Crippen LogP contribution is 2.12. The minimum Gasteiger partial charge on any atom is -0.341 e. The standard InChI is InChI=1S/C18H19N3O/c1-21(13-15-10-6-3-7-11-15)18-19-16(17(22)20-18)12-14-8-4-2-5-9-14/h2-11,16H,12-13H2,1H3,(H,19,20,22). The molecule has 1 aliphatic rings. The average Bonchev–Trinajstić information content (AvgIpc) is 2.90. The monoisotopic (exact) mass is 293 g/mol. The minimum absolute atomic E-state index is 0.0289. The maximum atomic E-state index is 12.1. The molecule has 1 aliphatic heterocycles. The molecule has 0 fully saturated rings. The van der Waals surface area contributed by atoms with E-state index in [0.29, 0.717) is 12.4 Å². The van der Waals surface area contributed by atoms with Gasteiger partial charge in [0, 0.05) is 20.0 Å². The van der Waals surface area contributed by atoms with Crippen LogP contribution in [0.25, 0.3) is 0 Å². The second kappa shape index (κ2) is 6.43. The summed E-state index contributed by atoms with van der Waals surface area (Å²) in [4.78, 5) is 18.6. The van der Waals surface area contributed by atoms with Crippen molar-refractivity contribution in [2.45, 2.75) is 19.0 Å². The molecule has 1 atom stereocenters. The van der Waals surface area contributed by atoms with E-state index in [2.05, 4.69) is 22.4 Å². The van der Waals surface area contributed by atoms with Gasteiger partial charge in [-0.1, -0.05) is 60.7 Å². The molecule has 22 heavy (non-hydrogen) atoms. The van der Waals surface area contributed by atoms with Crippen molar-refractivity contribution < 1.29 is 4.79 Å². The molecule has 0 spiro atoms. The fourth-order valence-corrected chi connectivity index (χ4v) is 2.53. The summed E-state index contributed by atoms with van der Waals surface area (Å²) in [6.45, 7) is 0.720. The van der Waals surface area contributed by atoms with Gasteiger partial charge in [0.25, 0.3) is 5.91 Å². The predicted octanol–water partition coefficient (Wildman–Crippen LogP) is 2.22. The predicted molar refractivity (Wildman–Crippen MR) is 87.4 cm³/mol. The second-order valence-electron chi connectivity index (χ2n) is 5.49. The van der Waals surface area contributed by atoms with Gasteiger partial charge < -0.3 is 4.90 Å². The molecule has 0 saturated heterocycles. The number of hydrogen-bond acceptors (Lipinski definition) is 3. The molecule has 3 rings (SSSR count). The Bertz CT molecular complexity index is 667. The molecule has 0 aliphatic carbocycles. The Balaban J connectivity index is 1.67. The van der Waals surface area contributed by atoms with E-state index in [1.807, 2.05) is 60.5 Å². The van der Waals surface area contributed by atoms with Crippen molar-refractivity contribution in [1.29, 1.82) is 0 Å². The van der Waals surface area contributed by atoms with E-state index < -0.39 is 0 Å². The van der Waals surface area contributed by atoms with Crippen LogP contribution in [0.2, 0.25) is 0 Å². The Morgan fingerprint density at radius 3 is 2.23 bits per heavy atom. The first-order chi connectivity index (χ1) is 10.7. The Hall–Kier alpha value is -2.62. The summed E-state index contributed by atoms with van der Waals surface area (Å²) in [5.74, 6) is 0.619. The van der Waals surface area contributed by atoms with Crippen LogP contribution in [-0.4, -0.2) is 29.9 Å². The third-order valence-electron chi connectivity index (χ3n) is 3.71. The van der Waals surface area contributed by atoms with Gasteiger partial charge in [-0.15, -0.1) is 0 Å². The summed E-state index contributed by atoms with van der Waals surface area (Å²) in [5.41, 5.74) is 2.31. The number of benzene rings is 2. The Labute approximate surface area is 130 Å². The van der Waals surface area contributed by atoms with Gasteiger partial charge in [-0.2, -0.15) is 0 Å². The van der Waals surface area contributed by atoms with Crippen molar-refractivity contribution in [3.8, 4) is 0 Å². The van der Waals surface area contributed by atoms with E-state index in [1.54, 1.807) is 0 Å². The number of carbonyl (C=O) groups is 1. The second-order valence-corrected chi connectivity index (χ2v) is 5.49. The summed E-state index contributed by atoms with van der Waals surface area (Å²) >= 11 is 0. The van der Waals surface area contributed by atoms with Crippen LogP contribution in [0.3, 0.4) is 0 Å². The molecule has 4 heteroatoms. The number of nitrogens with one attached hydrogen (secondary N) is 1. The number of amides is 1. The van der Waals surface area contributed by atoms with Gasteiger partial charge in [-0.25, -0.2) is 4.99 Å². The molecule has 1 amide bonds. The van der Waals surface area contributed by atoms with Crippen LogP contribution >= 0.6 is 0 Å². The van der Waals surface area contributed by atoms with Crippen LogP contribution in [0.15, 0.2) is 65.7 Å². The number of carbonyl (C=O) groups excluding carboxylic acids is 1. The third-order valence-corrected chi connectivity index (χ3v) is 3.71. The molecular formula is C18H19N3O. The summed E-state index contributed by atoms with van der Waals surface area (Å²) in [7, 11) is 1.94. The summed E-state index contributed by atoms with van der Waals surface area (Å²) in [5, 5.41) is 2.88. The molecule has 4 nitrogen and oxygen atoms in total. The lowest BCUT2D eigenvalue weighted by Crippen LogP contribution is -2.38.